The molecule has 270 valence electrons. The second-order valence-electron chi connectivity index (χ2n) is 15.4. The lowest BCUT2D eigenvalue weighted by atomic mass is 9.47. The summed E-state index contributed by atoms with van der Waals surface area (Å²) in [7, 11) is 2.86. The van der Waals surface area contributed by atoms with Gasteiger partial charge < -0.3 is 44.5 Å². The molecular weight excluding hydrogens is 638 g/mol. The summed E-state index contributed by atoms with van der Waals surface area (Å²) in [4.78, 5) is 54.5. The maximum atomic E-state index is 14.7. The van der Waals surface area contributed by atoms with E-state index in [1.54, 1.807) is 20.8 Å². The third-order valence-electron chi connectivity index (χ3n) is 10.7. The summed E-state index contributed by atoms with van der Waals surface area (Å²) in [5.74, 6) is -2.82. The first-order chi connectivity index (χ1) is 21.9. The summed E-state index contributed by atoms with van der Waals surface area (Å²) in [5, 5.41) is 36.9. The Balaban J connectivity index is 1.78. The molecule has 0 aromatic heterocycles. The third kappa shape index (κ3) is 6.70. The van der Waals surface area contributed by atoms with Gasteiger partial charge in [-0.25, -0.2) is 14.4 Å². The number of Topliss-reactive ketones (excluding diaryl/α,β-unsaturated/α-hetero) is 1. The van der Waals surface area contributed by atoms with Crippen LogP contribution in [0.5, 0.6) is 0 Å². The van der Waals surface area contributed by atoms with Gasteiger partial charge in [0.15, 0.2) is 18.0 Å². The number of nitrogens with zero attached hydrogens (tertiary/aromatic N) is 1. The normalized spacial score (nSPS) is 35.2. The number of nitrogens with one attached hydrogen (secondary N) is 1. The lowest BCUT2D eigenvalue weighted by Crippen LogP contribution is -2.69. The predicted molar refractivity (Wildman–Crippen MR) is 164 cm³/mol. The van der Waals surface area contributed by atoms with Crippen LogP contribution in [0, 0.1) is 22.7 Å². The summed E-state index contributed by atoms with van der Waals surface area (Å²) in [6, 6.07) is -1.95. The Kier molecular flexibility index (Phi) is 10.2. The minimum absolute atomic E-state index is 0.0236. The van der Waals surface area contributed by atoms with Crippen molar-refractivity contribution in [2.45, 2.75) is 115 Å². The van der Waals surface area contributed by atoms with Crippen LogP contribution in [0.15, 0.2) is 23.3 Å². The smallest absolute Gasteiger partial charge is 0.410 e. The summed E-state index contributed by atoms with van der Waals surface area (Å²) in [5.41, 5.74) is -5.06. The molecule has 48 heavy (non-hydrogen) atoms. The van der Waals surface area contributed by atoms with E-state index in [1.807, 2.05) is 5.32 Å². The molecule has 15 heteroatoms. The number of halogens is 2. The highest BCUT2D eigenvalue weighted by molar-refractivity contribution is 5.94. The molecule has 1 aliphatic heterocycles. The van der Waals surface area contributed by atoms with Crippen LogP contribution in [0.3, 0.4) is 0 Å². The second-order valence-corrected chi connectivity index (χ2v) is 15.4. The second kappa shape index (κ2) is 13.0. The van der Waals surface area contributed by atoms with Gasteiger partial charge in [0.2, 0.25) is 0 Å². The molecule has 13 nitrogen and oxygen atoms in total. The first kappa shape index (κ1) is 37.7. The van der Waals surface area contributed by atoms with Crippen molar-refractivity contribution in [2.75, 3.05) is 20.7 Å². The highest BCUT2D eigenvalue weighted by Crippen LogP contribution is 2.61. The minimum atomic E-state index is -2.33. The van der Waals surface area contributed by atoms with Crippen molar-refractivity contribution >= 4 is 23.9 Å². The van der Waals surface area contributed by atoms with Gasteiger partial charge in [0.25, 0.3) is 6.08 Å². The van der Waals surface area contributed by atoms with Gasteiger partial charge in [0.05, 0.1) is 35.9 Å². The molecule has 0 spiro atoms. The van der Waals surface area contributed by atoms with Gasteiger partial charge in [0.1, 0.15) is 11.7 Å². The van der Waals surface area contributed by atoms with Crippen molar-refractivity contribution < 1.29 is 62.2 Å². The number of ketones is 1. The molecule has 1 heterocycles. The number of rotatable bonds is 6. The Hall–Kier alpha value is -3.14. The topological polar surface area (TPSA) is 181 Å². The Morgan fingerprint density at radius 2 is 1.75 bits per heavy atom. The Labute approximate surface area is 278 Å². The largest absolute Gasteiger partial charge is 0.456 e. The molecule has 3 aliphatic carbocycles. The molecular formula is C33H48F2N2O11. The molecule has 4 aliphatic rings. The van der Waals surface area contributed by atoms with Crippen molar-refractivity contribution in [2.24, 2.45) is 22.7 Å². The van der Waals surface area contributed by atoms with Gasteiger partial charge in [-0.05, 0) is 58.1 Å². The number of carbonyl (C=O) groups is 4. The number of hydrogen-bond acceptors (Lipinski definition) is 11. The summed E-state index contributed by atoms with van der Waals surface area (Å²) in [6.07, 6.45) is -11.0. The monoisotopic (exact) mass is 686 g/mol. The van der Waals surface area contributed by atoms with Crippen LogP contribution in [0.2, 0.25) is 0 Å². The lowest BCUT2D eigenvalue weighted by molar-refractivity contribution is -0.243. The fourth-order valence-corrected chi connectivity index (χ4v) is 7.71. The Bertz CT molecular complexity index is 1390. The number of ether oxygens (including phenoxy) is 4. The zero-order chi connectivity index (χ0) is 36.3. The van der Waals surface area contributed by atoms with Crippen LogP contribution in [-0.2, 0) is 28.5 Å². The van der Waals surface area contributed by atoms with Gasteiger partial charge in [-0.3, -0.25) is 4.79 Å². The van der Waals surface area contributed by atoms with Gasteiger partial charge in [-0.1, -0.05) is 13.8 Å². The molecule has 2 unspecified atom stereocenters. The molecule has 3 fully saturated rings. The Morgan fingerprint density at radius 3 is 2.27 bits per heavy atom. The van der Waals surface area contributed by atoms with E-state index in [0.29, 0.717) is 6.61 Å². The van der Waals surface area contributed by atoms with E-state index in [0.717, 1.165) is 4.90 Å². The number of aliphatic hydroxyl groups excluding tert-OH is 2. The number of amides is 2. The Morgan fingerprint density at radius 1 is 1.12 bits per heavy atom. The summed E-state index contributed by atoms with van der Waals surface area (Å²) in [6.45, 7) is 11.4. The van der Waals surface area contributed by atoms with Crippen LogP contribution in [0.4, 0.5) is 18.4 Å². The third-order valence-corrected chi connectivity index (χ3v) is 10.7. The number of alkyl carbamates (subject to hydrolysis) is 1. The van der Waals surface area contributed by atoms with Gasteiger partial charge >= 0.3 is 18.2 Å². The van der Waals surface area contributed by atoms with Crippen molar-refractivity contribution in [3.8, 4) is 0 Å². The van der Waals surface area contributed by atoms with Crippen molar-refractivity contribution in [1.82, 2.24) is 10.2 Å². The minimum Gasteiger partial charge on any atom is -0.456 e. The number of fused-ring (bicyclic) bond motifs is 5. The van der Waals surface area contributed by atoms with Crippen molar-refractivity contribution in [3.05, 3.63) is 23.3 Å². The van der Waals surface area contributed by atoms with Crippen LogP contribution in [-0.4, -0.2) is 113 Å². The van der Waals surface area contributed by atoms with E-state index in [9.17, 15) is 43.3 Å². The van der Waals surface area contributed by atoms with E-state index >= 15 is 0 Å². The summed E-state index contributed by atoms with van der Waals surface area (Å²) >= 11 is 0. The van der Waals surface area contributed by atoms with Gasteiger partial charge in [-0.15, -0.1) is 0 Å². The molecule has 2 amide bonds. The average Bonchev–Trinajstić information content (AvgIpc) is 2.93. The van der Waals surface area contributed by atoms with Crippen LogP contribution in [0.1, 0.15) is 67.7 Å². The quantitative estimate of drug-likeness (QED) is 0.183. The molecule has 0 aromatic rings. The number of hydrogen-bond donors (Lipinski definition) is 4. The molecule has 4 N–H and O–H groups in total. The zero-order valence-corrected chi connectivity index (χ0v) is 28.8. The van der Waals surface area contributed by atoms with Crippen molar-refractivity contribution in [1.29, 1.82) is 0 Å². The highest BCUT2D eigenvalue weighted by Gasteiger charge is 2.68. The maximum Gasteiger partial charge on any atom is 0.410 e. The molecule has 10 atom stereocenters. The first-order valence-corrected chi connectivity index (χ1v) is 16.0. The van der Waals surface area contributed by atoms with Crippen LogP contribution in [0.25, 0.3) is 0 Å². The first-order valence-electron chi connectivity index (χ1n) is 16.0. The molecule has 0 aromatic carbocycles. The predicted octanol–water partition coefficient (Wildman–Crippen LogP) is 2.85. The highest BCUT2D eigenvalue weighted by atomic mass is 19.3. The molecule has 2 saturated carbocycles. The average molecular weight is 687 g/mol. The fraction of sp³-hybridized carbons (Fsp3) is 0.758. The SMILES string of the molecule is CC1=C2[C@@H](OC(=O)N(C)C)C(=O)[C@@]3(C)C(C[C@](O)(C[C@@H]1OC(=O)[C@H](O)[C@H](C=C(F)F)NC(=O)OC(C)(C)C)C2(C)C)C1CO[C@@H]1C[C@@H]3O. The zero-order valence-electron chi connectivity index (χ0n) is 28.8. The van der Waals surface area contributed by atoms with E-state index in [1.165, 1.54) is 41.8 Å². The van der Waals surface area contributed by atoms with Crippen LogP contribution < -0.4 is 5.32 Å². The van der Waals surface area contributed by atoms with Gasteiger partial charge in [-0.2, -0.15) is 8.78 Å². The van der Waals surface area contributed by atoms with E-state index in [4.69, 9.17) is 18.9 Å². The molecule has 0 radical (unpaired) electrons. The fourth-order valence-electron chi connectivity index (χ4n) is 7.71. The summed E-state index contributed by atoms with van der Waals surface area (Å²) < 4.78 is 49.0. The number of carbonyl (C=O) groups excluding carboxylic acids is 4. The van der Waals surface area contributed by atoms with Gasteiger partial charge in [0, 0.05) is 44.3 Å². The lowest BCUT2D eigenvalue weighted by Gasteiger charge is -2.62. The van der Waals surface area contributed by atoms with Crippen LogP contribution >= 0.6 is 0 Å². The standard InChI is InChI=1S/C33H48F2N2O11/c1-15-20(46-27(41)24(39)18(10-22(34)35)36-28(42)48-30(2,3)4)13-33(44)12-17-16-14-45-19(16)11-21(38)32(17,7)26(40)25(23(15)31(33,5)6)47-29(43)37(8)9/h10,16-21,24-25,38-39,44H,11-14H2,1-9H3,(H,36,42)/t16?,17?,18-,19+,20-,21-,24+,25+,32-,33-/m0/s1. The number of aliphatic hydroxyl groups is 3. The number of esters is 1. The van der Waals surface area contributed by atoms with E-state index in [-0.39, 0.29) is 48.5 Å². The van der Waals surface area contributed by atoms with E-state index in [2.05, 4.69) is 0 Å². The van der Waals surface area contributed by atoms with Crippen molar-refractivity contribution in [3.63, 3.8) is 0 Å². The molecule has 1 saturated heterocycles. The molecule has 2 bridgehead atoms. The van der Waals surface area contributed by atoms with E-state index < -0.39 is 88.4 Å². The molecule has 4 rings (SSSR count). The maximum absolute atomic E-state index is 14.7.